The van der Waals surface area contributed by atoms with Gasteiger partial charge in [-0.1, -0.05) is 12.1 Å². The number of methoxy groups -OCH3 is 1. The summed E-state index contributed by atoms with van der Waals surface area (Å²) in [5.41, 5.74) is 1.27. The number of hydrogen-bond donors (Lipinski definition) is 3. The molecule has 0 aliphatic heterocycles. The molecule has 0 bridgehead atoms. The molecule has 1 heterocycles. The third-order valence-electron chi connectivity index (χ3n) is 3.71. The summed E-state index contributed by atoms with van der Waals surface area (Å²) in [5.74, 6) is -0.395. The Balaban J connectivity index is 2.19. The molecule has 3 N–H and O–H groups in total. The molecule has 0 aliphatic carbocycles. The first kappa shape index (κ1) is 23.8. The Morgan fingerprint density at radius 1 is 1.27 bits per heavy atom. The van der Waals surface area contributed by atoms with Crippen LogP contribution >= 0.6 is 11.3 Å². The molecular formula is C19H25N3O6S2. The van der Waals surface area contributed by atoms with Gasteiger partial charge in [0.15, 0.2) is 0 Å². The van der Waals surface area contributed by atoms with Crippen LogP contribution in [0.5, 0.6) is 0 Å². The van der Waals surface area contributed by atoms with E-state index in [0.717, 1.165) is 5.56 Å². The molecule has 30 heavy (non-hydrogen) atoms. The van der Waals surface area contributed by atoms with Crippen LogP contribution in [0, 0.1) is 0 Å². The minimum Gasteiger partial charge on any atom is -0.469 e. The fourth-order valence-corrected chi connectivity index (χ4v) is 3.69. The summed E-state index contributed by atoms with van der Waals surface area (Å²) in [4.78, 5) is 28.3. The number of amides is 1. The van der Waals surface area contributed by atoms with Crippen LogP contribution < -0.4 is 10.0 Å². The number of nitrogens with zero attached hydrogens (tertiary/aromatic N) is 1. The summed E-state index contributed by atoms with van der Waals surface area (Å²) >= 11 is -0.828. The van der Waals surface area contributed by atoms with Gasteiger partial charge in [0.2, 0.25) is 0 Å². The Bertz CT molecular complexity index is 892. The van der Waals surface area contributed by atoms with Crippen molar-refractivity contribution in [2.24, 2.45) is 0 Å². The van der Waals surface area contributed by atoms with Crippen LogP contribution in [0.15, 0.2) is 29.6 Å². The van der Waals surface area contributed by atoms with E-state index in [2.05, 4.69) is 19.8 Å². The number of carbonyl (C=O) groups is 2. The SMILES string of the molecule is COC(=O)Cc1csc([C@H](Cc2ccc(NS(=O)O)cc2)NC(=O)OC(C)(C)C)n1. The van der Waals surface area contributed by atoms with E-state index in [9.17, 15) is 13.8 Å². The Hall–Kier alpha value is -2.50. The summed E-state index contributed by atoms with van der Waals surface area (Å²) < 4.78 is 32.2. The number of aromatic nitrogens is 1. The number of anilines is 1. The number of esters is 1. The van der Waals surface area contributed by atoms with Crippen molar-refractivity contribution < 1.29 is 27.8 Å². The molecule has 2 rings (SSSR count). The minimum absolute atomic E-state index is 0.0465. The molecule has 0 saturated heterocycles. The lowest BCUT2D eigenvalue weighted by molar-refractivity contribution is -0.139. The number of alkyl carbamates (subject to hydrolysis) is 1. The molecular weight excluding hydrogens is 430 g/mol. The lowest BCUT2D eigenvalue weighted by atomic mass is 10.1. The average molecular weight is 456 g/mol. The lowest BCUT2D eigenvalue weighted by Gasteiger charge is -2.23. The van der Waals surface area contributed by atoms with Gasteiger partial charge in [-0.2, -0.15) is 0 Å². The number of rotatable bonds is 8. The number of nitrogens with one attached hydrogen (secondary N) is 2. The van der Waals surface area contributed by atoms with Gasteiger partial charge in [-0.05, 0) is 44.9 Å². The van der Waals surface area contributed by atoms with Gasteiger partial charge in [-0.15, -0.1) is 11.3 Å². The lowest BCUT2D eigenvalue weighted by Crippen LogP contribution is -2.35. The highest BCUT2D eigenvalue weighted by Gasteiger charge is 2.23. The monoisotopic (exact) mass is 455 g/mol. The molecule has 1 aromatic carbocycles. The van der Waals surface area contributed by atoms with Crippen LogP contribution in [0.25, 0.3) is 0 Å². The second kappa shape index (κ2) is 10.5. The van der Waals surface area contributed by atoms with Crippen molar-refractivity contribution in [2.45, 2.75) is 45.3 Å². The van der Waals surface area contributed by atoms with Crippen LogP contribution in [0.2, 0.25) is 0 Å². The maximum atomic E-state index is 12.3. The highest BCUT2D eigenvalue weighted by Crippen LogP contribution is 2.24. The Morgan fingerprint density at radius 3 is 2.50 bits per heavy atom. The summed E-state index contributed by atoms with van der Waals surface area (Å²) in [6.07, 6.45) is -0.122. The van der Waals surface area contributed by atoms with Crippen LogP contribution in [-0.4, -0.2) is 38.5 Å². The van der Waals surface area contributed by atoms with Gasteiger partial charge in [0.05, 0.1) is 25.3 Å². The van der Waals surface area contributed by atoms with E-state index in [1.807, 2.05) is 0 Å². The maximum Gasteiger partial charge on any atom is 0.408 e. The van der Waals surface area contributed by atoms with Crippen molar-refractivity contribution in [3.8, 4) is 0 Å². The molecule has 2 atom stereocenters. The first-order valence-electron chi connectivity index (χ1n) is 9.03. The summed E-state index contributed by atoms with van der Waals surface area (Å²) in [7, 11) is 1.31. The number of ether oxygens (including phenoxy) is 2. The second-order valence-electron chi connectivity index (χ2n) is 7.38. The van der Waals surface area contributed by atoms with E-state index in [4.69, 9.17) is 9.29 Å². The molecule has 2 aromatic rings. The maximum absolute atomic E-state index is 12.3. The molecule has 11 heteroatoms. The molecule has 0 aliphatic rings. The third-order valence-corrected chi connectivity index (χ3v) is 5.13. The van der Waals surface area contributed by atoms with Crippen molar-refractivity contribution in [3.63, 3.8) is 0 Å². The molecule has 1 unspecified atom stereocenters. The minimum atomic E-state index is -2.15. The average Bonchev–Trinajstić information content (AvgIpc) is 3.09. The van der Waals surface area contributed by atoms with E-state index in [-0.39, 0.29) is 6.42 Å². The zero-order chi connectivity index (χ0) is 22.3. The Morgan fingerprint density at radius 2 is 1.93 bits per heavy atom. The molecule has 0 saturated carbocycles. The van der Waals surface area contributed by atoms with E-state index in [1.165, 1.54) is 18.4 Å². The van der Waals surface area contributed by atoms with Gasteiger partial charge in [0.1, 0.15) is 10.6 Å². The topological polar surface area (TPSA) is 127 Å². The van der Waals surface area contributed by atoms with Gasteiger partial charge >= 0.3 is 12.1 Å². The van der Waals surface area contributed by atoms with Crippen LogP contribution in [-0.2, 0) is 38.4 Å². The van der Waals surface area contributed by atoms with Crippen LogP contribution in [0.1, 0.15) is 43.1 Å². The molecule has 164 valence electrons. The number of thiazole rings is 1. The van der Waals surface area contributed by atoms with Gasteiger partial charge < -0.3 is 14.8 Å². The van der Waals surface area contributed by atoms with Crippen LogP contribution in [0.3, 0.4) is 0 Å². The fourth-order valence-electron chi connectivity index (χ4n) is 2.48. The van der Waals surface area contributed by atoms with Crippen molar-refractivity contribution >= 4 is 40.4 Å². The molecule has 0 fully saturated rings. The second-order valence-corrected chi connectivity index (χ2v) is 8.97. The quantitative estimate of drug-likeness (QED) is 0.412. The van der Waals surface area contributed by atoms with E-state index in [0.29, 0.717) is 22.8 Å². The predicted molar refractivity (Wildman–Crippen MR) is 114 cm³/mol. The smallest absolute Gasteiger partial charge is 0.408 e. The standard InChI is InChI=1S/C19H25N3O6S2/c1-19(2,3)28-18(24)21-15(17-20-14(11-29-17)10-16(23)27-4)9-12-5-7-13(8-6-12)22-30(25)26/h5-8,11,15,22H,9-10H2,1-4H3,(H,21,24)(H,25,26)/t15-/m0/s1. The highest BCUT2D eigenvalue weighted by atomic mass is 32.2. The van der Waals surface area contributed by atoms with Crippen molar-refractivity contribution in [3.05, 3.63) is 45.9 Å². The van der Waals surface area contributed by atoms with E-state index >= 15 is 0 Å². The van der Waals surface area contributed by atoms with Gasteiger partial charge in [-0.25, -0.2) is 14.0 Å². The van der Waals surface area contributed by atoms with Crippen LogP contribution in [0.4, 0.5) is 10.5 Å². The molecule has 9 nitrogen and oxygen atoms in total. The highest BCUT2D eigenvalue weighted by molar-refractivity contribution is 7.80. The summed E-state index contributed by atoms with van der Waals surface area (Å²) in [6.45, 7) is 5.32. The van der Waals surface area contributed by atoms with E-state index < -0.39 is 35.0 Å². The predicted octanol–water partition coefficient (Wildman–Crippen LogP) is 3.22. The van der Waals surface area contributed by atoms with Gasteiger partial charge in [0.25, 0.3) is 11.3 Å². The zero-order valence-electron chi connectivity index (χ0n) is 17.1. The first-order chi connectivity index (χ1) is 14.1. The van der Waals surface area contributed by atoms with Gasteiger partial charge in [0, 0.05) is 11.1 Å². The Labute approximate surface area is 181 Å². The fraction of sp³-hybridized carbons (Fsp3) is 0.421. The number of carbonyl (C=O) groups excluding carboxylic acids is 2. The van der Waals surface area contributed by atoms with E-state index in [1.54, 1.807) is 50.4 Å². The van der Waals surface area contributed by atoms with Gasteiger partial charge in [-0.3, -0.25) is 14.1 Å². The zero-order valence-corrected chi connectivity index (χ0v) is 18.8. The molecule has 0 radical (unpaired) electrons. The molecule has 0 spiro atoms. The van der Waals surface area contributed by atoms with Crippen molar-refractivity contribution in [1.29, 1.82) is 0 Å². The van der Waals surface area contributed by atoms with Crippen molar-refractivity contribution in [2.75, 3.05) is 11.8 Å². The van der Waals surface area contributed by atoms with Crippen molar-refractivity contribution in [1.82, 2.24) is 10.3 Å². The number of hydrogen-bond acceptors (Lipinski definition) is 7. The molecule has 1 amide bonds. The molecule has 1 aromatic heterocycles. The summed E-state index contributed by atoms with van der Waals surface area (Å²) in [5, 5.41) is 5.21. The first-order valence-corrected chi connectivity index (χ1v) is 11.0. The Kier molecular flexibility index (Phi) is 8.33. The summed E-state index contributed by atoms with van der Waals surface area (Å²) in [6, 6.07) is 6.41. The number of benzene rings is 1. The largest absolute Gasteiger partial charge is 0.469 e. The third kappa shape index (κ3) is 8.09. The normalized spacial score (nSPS) is 13.2.